The second-order valence-electron chi connectivity index (χ2n) is 6.49. The molecule has 4 nitrogen and oxygen atoms in total. The number of phenolic OH excluding ortho intramolecular Hbond substituents is 1. The molecule has 0 heterocycles. The predicted octanol–water partition coefficient (Wildman–Crippen LogP) is 3.45. The van der Waals surface area contributed by atoms with Crippen LogP contribution in [0.25, 0.3) is 11.1 Å². The van der Waals surface area contributed by atoms with Crippen LogP contribution in [0.1, 0.15) is 16.7 Å². The first-order valence-electron chi connectivity index (χ1n) is 8.98. The van der Waals surface area contributed by atoms with E-state index in [-0.39, 0.29) is 18.3 Å². The fraction of sp³-hybridized carbons (Fsp3) is 0.174. The summed E-state index contributed by atoms with van der Waals surface area (Å²) < 4.78 is 0. The summed E-state index contributed by atoms with van der Waals surface area (Å²) in [7, 11) is 0. The number of aliphatic hydroxyl groups is 1. The summed E-state index contributed by atoms with van der Waals surface area (Å²) in [5, 5.41) is 21.4. The summed E-state index contributed by atoms with van der Waals surface area (Å²) in [6.45, 7) is 0.564. The first-order chi connectivity index (χ1) is 13.1. The van der Waals surface area contributed by atoms with Crippen LogP contribution in [0.2, 0.25) is 0 Å². The molecule has 0 radical (unpaired) electrons. The van der Waals surface area contributed by atoms with E-state index in [2.05, 4.69) is 5.32 Å². The van der Waals surface area contributed by atoms with E-state index >= 15 is 0 Å². The Bertz CT molecular complexity index is 904. The summed E-state index contributed by atoms with van der Waals surface area (Å²) >= 11 is 0. The van der Waals surface area contributed by atoms with E-state index in [0.29, 0.717) is 19.4 Å². The van der Waals surface area contributed by atoms with Crippen LogP contribution in [0.15, 0.2) is 72.8 Å². The predicted molar refractivity (Wildman–Crippen MR) is 106 cm³/mol. The number of hydrogen-bond donors (Lipinski definition) is 3. The molecule has 0 aromatic heterocycles. The third-order valence-electron chi connectivity index (χ3n) is 4.37. The maximum absolute atomic E-state index is 12.3. The Labute approximate surface area is 159 Å². The lowest BCUT2D eigenvalue weighted by Crippen LogP contribution is -2.24. The molecule has 0 saturated heterocycles. The van der Waals surface area contributed by atoms with Crippen molar-refractivity contribution in [1.29, 1.82) is 0 Å². The Kier molecular flexibility index (Phi) is 6.23. The van der Waals surface area contributed by atoms with Gasteiger partial charge in [0, 0.05) is 13.2 Å². The molecule has 0 aliphatic carbocycles. The molecule has 3 aromatic carbocycles. The van der Waals surface area contributed by atoms with Crippen LogP contribution in [0.3, 0.4) is 0 Å². The van der Waals surface area contributed by atoms with Gasteiger partial charge in [0.1, 0.15) is 5.75 Å². The molecular formula is C23H23NO3. The maximum atomic E-state index is 12.3. The minimum Gasteiger partial charge on any atom is -0.508 e. The molecule has 0 atom stereocenters. The van der Waals surface area contributed by atoms with Gasteiger partial charge in [-0.25, -0.2) is 0 Å². The number of rotatable bonds is 7. The number of phenols is 1. The minimum atomic E-state index is -0.0359. The molecule has 3 N–H and O–H groups in total. The van der Waals surface area contributed by atoms with E-state index < -0.39 is 0 Å². The molecule has 1 amide bonds. The molecule has 3 rings (SSSR count). The normalized spacial score (nSPS) is 10.6. The second kappa shape index (κ2) is 9.01. The van der Waals surface area contributed by atoms with Crippen molar-refractivity contribution in [2.75, 3.05) is 6.61 Å². The molecule has 0 aliphatic rings. The zero-order valence-electron chi connectivity index (χ0n) is 15.1. The third-order valence-corrected chi connectivity index (χ3v) is 4.37. The van der Waals surface area contributed by atoms with Crippen molar-refractivity contribution in [3.05, 3.63) is 89.5 Å². The fourth-order valence-corrected chi connectivity index (χ4v) is 2.99. The van der Waals surface area contributed by atoms with Gasteiger partial charge >= 0.3 is 0 Å². The molecule has 0 fully saturated rings. The van der Waals surface area contributed by atoms with Crippen molar-refractivity contribution in [2.24, 2.45) is 0 Å². The molecule has 4 heteroatoms. The van der Waals surface area contributed by atoms with Crippen molar-refractivity contribution in [3.8, 4) is 16.9 Å². The van der Waals surface area contributed by atoms with E-state index in [1.54, 1.807) is 12.1 Å². The van der Waals surface area contributed by atoms with Crippen LogP contribution in [0, 0.1) is 0 Å². The van der Waals surface area contributed by atoms with E-state index in [9.17, 15) is 9.90 Å². The van der Waals surface area contributed by atoms with Gasteiger partial charge in [-0.15, -0.1) is 0 Å². The van der Waals surface area contributed by atoms with Gasteiger partial charge in [0.05, 0.1) is 6.42 Å². The first-order valence-corrected chi connectivity index (χ1v) is 8.98. The van der Waals surface area contributed by atoms with Crippen molar-refractivity contribution >= 4 is 5.91 Å². The van der Waals surface area contributed by atoms with Gasteiger partial charge in [0.2, 0.25) is 5.91 Å². The molecule has 0 aliphatic heterocycles. The zero-order chi connectivity index (χ0) is 19.1. The SMILES string of the molecule is O=C(Cc1cccc(CCO)c1)NCc1cccc(-c2ccc(O)cc2)c1. The number of aliphatic hydroxyl groups excluding tert-OH is 1. The quantitative estimate of drug-likeness (QED) is 0.604. The lowest BCUT2D eigenvalue weighted by molar-refractivity contribution is -0.120. The van der Waals surface area contributed by atoms with Gasteiger partial charge in [-0.3, -0.25) is 4.79 Å². The van der Waals surface area contributed by atoms with Crippen LogP contribution >= 0.6 is 0 Å². The number of carbonyl (C=O) groups is 1. The largest absolute Gasteiger partial charge is 0.508 e. The molecular weight excluding hydrogens is 338 g/mol. The van der Waals surface area contributed by atoms with Crippen LogP contribution < -0.4 is 5.32 Å². The average molecular weight is 361 g/mol. The Morgan fingerprint density at radius 3 is 2.30 bits per heavy atom. The minimum absolute atomic E-state index is 0.0359. The zero-order valence-corrected chi connectivity index (χ0v) is 15.1. The Balaban J connectivity index is 1.59. The highest BCUT2D eigenvalue weighted by molar-refractivity contribution is 5.78. The Hall–Kier alpha value is -3.11. The van der Waals surface area contributed by atoms with E-state index in [1.807, 2.05) is 60.7 Å². The summed E-state index contributed by atoms with van der Waals surface area (Å²) in [6.07, 6.45) is 0.913. The number of benzene rings is 3. The highest BCUT2D eigenvalue weighted by Crippen LogP contribution is 2.22. The van der Waals surface area contributed by atoms with Gasteiger partial charge < -0.3 is 15.5 Å². The second-order valence-corrected chi connectivity index (χ2v) is 6.49. The summed E-state index contributed by atoms with van der Waals surface area (Å²) in [4.78, 5) is 12.3. The highest BCUT2D eigenvalue weighted by atomic mass is 16.3. The van der Waals surface area contributed by atoms with Gasteiger partial charge in [-0.2, -0.15) is 0 Å². The first kappa shape index (κ1) is 18.7. The number of carbonyl (C=O) groups excluding carboxylic acids is 1. The lowest BCUT2D eigenvalue weighted by atomic mass is 10.0. The summed E-state index contributed by atoms with van der Waals surface area (Å²) in [5.41, 5.74) is 5.05. The van der Waals surface area contributed by atoms with Crippen LogP contribution in [0.4, 0.5) is 0 Å². The number of amides is 1. The molecule has 0 bridgehead atoms. The van der Waals surface area contributed by atoms with E-state index in [4.69, 9.17) is 5.11 Å². The van der Waals surface area contributed by atoms with Crippen LogP contribution in [-0.4, -0.2) is 22.7 Å². The fourth-order valence-electron chi connectivity index (χ4n) is 2.99. The van der Waals surface area contributed by atoms with Crippen molar-refractivity contribution in [2.45, 2.75) is 19.4 Å². The number of aromatic hydroxyl groups is 1. The topological polar surface area (TPSA) is 69.6 Å². The summed E-state index contributed by atoms with van der Waals surface area (Å²) in [5.74, 6) is 0.205. The molecule has 0 unspecified atom stereocenters. The van der Waals surface area contributed by atoms with Gasteiger partial charge in [-0.1, -0.05) is 54.6 Å². The molecule has 27 heavy (non-hydrogen) atoms. The highest BCUT2D eigenvalue weighted by Gasteiger charge is 2.05. The van der Waals surface area contributed by atoms with Crippen molar-refractivity contribution in [1.82, 2.24) is 5.32 Å². The third kappa shape index (κ3) is 5.43. The van der Waals surface area contributed by atoms with Gasteiger partial charge in [0.15, 0.2) is 0 Å². The van der Waals surface area contributed by atoms with Gasteiger partial charge in [0.25, 0.3) is 0 Å². The lowest BCUT2D eigenvalue weighted by Gasteiger charge is -2.09. The Morgan fingerprint density at radius 1 is 0.815 bits per heavy atom. The molecule has 0 saturated carbocycles. The average Bonchev–Trinajstić information content (AvgIpc) is 2.68. The standard InChI is InChI=1S/C23H23NO3/c25-12-11-17-3-1-4-18(13-17)15-23(27)24-16-19-5-2-6-21(14-19)20-7-9-22(26)10-8-20/h1-10,13-14,25-26H,11-12,15-16H2,(H,24,27). The van der Waals surface area contributed by atoms with Gasteiger partial charge in [-0.05, 0) is 52.4 Å². The van der Waals surface area contributed by atoms with Crippen molar-refractivity contribution in [3.63, 3.8) is 0 Å². The van der Waals surface area contributed by atoms with E-state index in [0.717, 1.165) is 27.8 Å². The van der Waals surface area contributed by atoms with Crippen molar-refractivity contribution < 1.29 is 15.0 Å². The number of nitrogens with one attached hydrogen (secondary N) is 1. The summed E-state index contributed by atoms with van der Waals surface area (Å²) in [6, 6.07) is 22.8. The smallest absolute Gasteiger partial charge is 0.224 e. The Morgan fingerprint density at radius 2 is 1.52 bits per heavy atom. The monoisotopic (exact) mass is 361 g/mol. The molecule has 138 valence electrons. The maximum Gasteiger partial charge on any atom is 0.224 e. The molecule has 0 spiro atoms. The van der Waals surface area contributed by atoms with Crippen LogP contribution in [-0.2, 0) is 24.2 Å². The van der Waals surface area contributed by atoms with Crippen LogP contribution in [0.5, 0.6) is 5.75 Å². The molecule has 3 aromatic rings. The van der Waals surface area contributed by atoms with E-state index in [1.165, 1.54) is 0 Å². The number of hydrogen-bond acceptors (Lipinski definition) is 3.